The van der Waals surface area contributed by atoms with Crippen molar-refractivity contribution in [1.29, 1.82) is 5.26 Å². The van der Waals surface area contributed by atoms with Gasteiger partial charge in [0.05, 0.1) is 35.7 Å². The molecule has 3 aromatic rings. The monoisotopic (exact) mass is 425 g/mol. The van der Waals surface area contributed by atoms with Crippen LogP contribution in [0.5, 0.6) is 0 Å². The van der Waals surface area contributed by atoms with Crippen molar-refractivity contribution in [3.63, 3.8) is 0 Å². The zero-order valence-electron chi connectivity index (χ0n) is 16.7. The number of hydrogen-bond donors (Lipinski definition) is 1. The molecule has 1 N–H and O–H groups in total. The average Bonchev–Trinajstić information content (AvgIpc) is 3.45. The van der Waals surface area contributed by atoms with Crippen LogP contribution in [0, 0.1) is 16.7 Å². The quantitative estimate of drug-likeness (QED) is 0.669. The highest BCUT2D eigenvalue weighted by Crippen LogP contribution is 2.59. The summed E-state index contributed by atoms with van der Waals surface area (Å²) in [4.78, 5) is 11.7. The zero-order valence-corrected chi connectivity index (χ0v) is 17.6. The first-order valence-corrected chi connectivity index (χ1v) is 11.7. The second kappa shape index (κ2) is 6.62. The maximum absolute atomic E-state index is 12.3. The van der Waals surface area contributed by atoms with Crippen LogP contribution in [0.1, 0.15) is 32.6 Å². The number of nitriles is 1. The molecule has 3 aromatic heterocycles. The van der Waals surface area contributed by atoms with Crippen LogP contribution < -0.4 is 0 Å². The number of fused-ring (bicyclic) bond motifs is 1. The van der Waals surface area contributed by atoms with Crippen molar-refractivity contribution in [3.05, 3.63) is 31.0 Å². The zero-order chi connectivity index (χ0) is 21.0. The Labute approximate surface area is 174 Å². The van der Waals surface area contributed by atoms with Gasteiger partial charge in [-0.15, -0.1) is 0 Å². The molecule has 1 saturated carbocycles. The van der Waals surface area contributed by atoms with Crippen molar-refractivity contribution >= 4 is 21.1 Å². The second-order valence-corrected chi connectivity index (χ2v) is 10.8. The van der Waals surface area contributed by atoms with Gasteiger partial charge in [0.2, 0.25) is 10.0 Å². The number of hydrogen-bond acceptors (Lipinski definition) is 6. The number of H-pyrrole nitrogens is 1. The summed E-state index contributed by atoms with van der Waals surface area (Å²) in [5.74, 6) is 0.126. The van der Waals surface area contributed by atoms with E-state index in [1.54, 1.807) is 17.4 Å². The van der Waals surface area contributed by atoms with Gasteiger partial charge in [-0.05, 0) is 37.7 Å². The summed E-state index contributed by atoms with van der Waals surface area (Å²) >= 11 is 0. The van der Waals surface area contributed by atoms with Gasteiger partial charge in [0.25, 0.3) is 0 Å². The predicted molar refractivity (Wildman–Crippen MR) is 111 cm³/mol. The van der Waals surface area contributed by atoms with E-state index in [4.69, 9.17) is 0 Å². The van der Waals surface area contributed by atoms with Crippen LogP contribution in [0.2, 0.25) is 0 Å². The minimum atomic E-state index is -3.18. The number of rotatable bonds is 5. The Morgan fingerprint density at radius 1 is 1.33 bits per heavy atom. The van der Waals surface area contributed by atoms with Gasteiger partial charge < -0.3 is 4.98 Å². The van der Waals surface area contributed by atoms with Crippen LogP contribution in [0.4, 0.5) is 0 Å². The van der Waals surface area contributed by atoms with Gasteiger partial charge in [0, 0.05) is 36.4 Å². The maximum Gasteiger partial charge on any atom is 0.213 e. The third kappa shape index (κ3) is 2.84. The molecule has 0 aromatic carbocycles. The third-order valence-electron chi connectivity index (χ3n) is 6.67. The molecule has 0 unspecified atom stereocenters. The first-order valence-electron chi connectivity index (χ1n) is 10.1. The van der Waals surface area contributed by atoms with Crippen molar-refractivity contribution in [2.75, 3.05) is 18.8 Å². The molecule has 0 atom stereocenters. The summed E-state index contributed by atoms with van der Waals surface area (Å²) in [6.07, 6.45) is 9.78. The molecule has 156 valence electrons. The fourth-order valence-electron chi connectivity index (χ4n) is 5.27. The minimum Gasteiger partial charge on any atom is -0.346 e. The standard InChI is InChI=1S/C20H23N7O2S/c1-2-30(28,29)26-8-5-19(13-26)11-20(12-19,4-6-21)27-10-15(9-25-27)17-16-3-7-22-18(16)24-14-23-17/h3,7,9-10,14H,2,4-5,8,11-13H2,1H3,(H,22,23,24). The lowest BCUT2D eigenvalue weighted by Gasteiger charge is -2.54. The van der Waals surface area contributed by atoms with E-state index in [1.807, 2.05) is 23.1 Å². The fourth-order valence-corrected chi connectivity index (χ4v) is 6.47. The molecule has 9 nitrogen and oxygen atoms in total. The molecule has 1 aliphatic heterocycles. The van der Waals surface area contributed by atoms with Crippen molar-refractivity contribution in [2.45, 2.75) is 38.1 Å². The van der Waals surface area contributed by atoms with Gasteiger partial charge in [0.15, 0.2) is 0 Å². The second-order valence-electron chi connectivity index (χ2n) is 8.53. The lowest BCUT2D eigenvalue weighted by atomic mass is 9.56. The van der Waals surface area contributed by atoms with Crippen LogP contribution in [0.15, 0.2) is 31.0 Å². The number of nitrogens with one attached hydrogen (secondary N) is 1. The predicted octanol–water partition coefficient (Wildman–Crippen LogP) is 2.27. The van der Waals surface area contributed by atoms with Crippen LogP contribution >= 0.6 is 0 Å². The SMILES string of the molecule is CCS(=O)(=O)N1CCC2(C1)CC(CC#N)(n1cc(-c3ncnc4[nH]ccc34)cn1)C2. The van der Waals surface area contributed by atoms with Crippen molar-refractivity contribution in [1.82, 2.24) is 29.0 Å². The lowest BCUT2D eigenvalue weighted by Crippen LogP contribution is -2.54. The number of aromatic amines is 1. The molecule has 1 saturated heterocycles. The molecule has 5 rings (SSSR count). The largest absolute Gasteiger partial charge is 0.346 e. The van der Waals surface area contributed by atoms with E-state index in [2.05, 4.69) is 26.1 Å². The minimum absolute atomic E-state index is 0.0615. The molecule has 1 aliphatic carbocycles. The molecule has 30 heavy (non-hydrogen) atoms. The smallest absolute Gasteiger partial charge is 0.213 e. The van der Waals surface area contributed by atoms with Gasteiger partial charge in [-0.25, -0.2) is 22.7 Å². The Morgan fingerprint density at radius 2 is 2.17 bits per heavy atom. The lowest BCUT2D eigenvalue weighted by molar-refractivity contribution is -0.0234. The Balaban J connectivity index is 1.43. The van der Waals surface area contributed by atoms with Crippen molar-refractivity contribution in [3.8, 4) is 17.3 Å². The van der Waals surface area contributed by atoms with Gasteiger partial charge >= 0.3 is 0 Å². The Bertz CT molecular complexity index is 1250. The highest BCUT2D eigenvalue weighted by molar-refractivity contribution is 7.89. The fraction of sp³-hybridized carbons (Fsp3) is 0.500. The van der Waals surface area contributed by atoms with Crippen LogP contribution in [-0.4, -0.2) is 56.3 Å². The summed E-state index contributed by atoms with van der Waals surface area (Å²) in [7, 11) is -3.18. The summed E-state index contributed by atoms with van der Waals surface area (Å²) < 4.78 is 28.1. The molecule has 4 heterocycles. The Kier molecular flexibility index (Phi) is 4.24. The van der Waals surface area contributed by atoms with Gasteiger partial charge in [-0.2, -0.15) is 10.4 Å². The molecule has 0 bridgehead atoms. The summed E-state index contributed by atoms with van der Waals surface area (Å²) in [6, 6.07) is 4.26. The molecule has 1 spiro atoms. The molecular weight excluding hydrogens is 402 g/mol. The normalized spacial score (nSPS) is 26.8. The molecule has 0 radical (unpaired) electrons. The Morgan fingerprint density at radius 3 is 2.93 bits per heavy atom. The first-order chi connectivity index (χ1) is 14.4. The maximum atomic E-state index is 12.3. The highest BCUT2D eigenvalue weighted by Gasteiger charge is 2.59. The van der Waals surface area contributed by atoms with E-state index in [0.29, 0.717) is 19.5 Å². The van der Waals surface area contributed by atoms with Crippen LogP contribution in [-0.2, 0) is 15.6 Å². The van der Waals surface area contributed by atoms with Crippen molar-refractivity contribution in [2.24, 2.45) is 5.41 Å². The number of nitrogens with zero attached hydrogens (tertiary/aromatic N) is 6. The first kappa shape index (κ1) is 19.2. The van der Waals surface area contributed by atoms with E-state index in [9.17, 15) is 13.7 Å². The third-order valence-corrected chi connectivity index (χ3v) is 8.50. The van der Waals surface area contributed by atoms with E-state index in [1.165, 1.54) is 6.33 Å². The van der Waals surface area contributed by atoms with Gasteiger partial charge in [-0.3, -0.25) is 4.68 Å². The molecule has 0 amide bonds. The molecule has 2 aliphatic rings. The van der Waals surface area contributed by atoms with Crippen LogP contribution in [0.25, 0.3) is 22.3 Å². The summed E-state index contributed by atoms with van der Waals surface area (Å²) in [6.45, 7) is 2.79. The Hall–Kier alpha value is -2.77. The summed E-state index contributed by atoms with van der Waals surface area (Å²) in [5, 5.41) is 15.0. The number of sulfonamides is 1. The molecular formula is C20H23N7O2S. The molecule has 10 heteroatoms. The topological polar surface area (TPSA) is 121 Å². The van der Waals surface area contributed by atoms with Gasteiger partial charge in [0.1, 0.15) is 12.0 Å². The highest BCUT2D eigenvalue weighted by atomic mass is 32.2. The molecule has 2 fully saturated rings. The van der Waals surface area contributed by atoms with E-state index in [-0.39, 0.29) is 11.2 Å². The van der Waals surface area contributed by atoms with E-state index in [0.717, 1.165) is 41.6 Å². The van der Waals surface area contributed by atoms with E-state index < -0.39 is 15.6 Å². The van der Waals surface area contributed by atoms with E-state index >= 15 is 0 Å². The van der Waals surface area contributed by atoms with Crippen LogP contribution in [0.3, 0.4) is 0 Å². The number of aromatic nitrogens is 5. The summed E-state index contributed by atoms with van der Waals surface area (Å²) in [5.41, 5.74) is 1.99. The van der Waals surface area contributed by atoms with Gasteiger partial charge in [-0.1, -0.05) is 0 Å². The average molecular weight is 426 g/mol. The van der Waals surface area contributed by atoms with Crippen molar-refractivity contribution < 1.29 is 8.42 Å².